The van der Waals surface area contributed by atoms with Gasteiger partial charge in [0.05, 0.1) is 9.47 Å². The van der Waals surface area contributed by atoms with Gasteiger partial charge in [0.25, 0.3) is 0 Å². The lowest BCUT2D eigenvalue weighted by molar-refractivity contribution is 0.582. The van der Waals surface area contributed by atoms with Crippen molar-refractivity contribution in [3.8, 4) is 0 Å². The first-order valence-corrected chi connectivity index (χ1v) is 9.13. The molecule has 1 aromatic carbocycles. The molecule has 0 atom stereocenters. The van der Waals surface area contributed by atoms with Crippen LogP contribution in [0.25, 0.3) is 0 Å². The largest absolute Gasteiger partial charge is 0.387 e. The Balaban J connectivity index is 2.04. The average molecular weight is 375 g/mol. The van der Waals surface area contributed by atoms with Gasteiger partial charge in [0.2, 0.25) is 10.0 Å². The monoisotopic (exact) mass is 374 g/mol. The van der Waals surface area contributed by atoms with Crippen molar-refractivity contribution in [1.82, 2.24) is 4.72 Å². The van der Waals surface area contributed by atoms with Crippen molar-refractivity contribution >= 4 is 43.0 Å². The molecular weight excluding hydrogens is 360 g/mol. The van der Waals surface area contributed by atoms with Crippen LogP contribution in [-0.2, 0) is 16.4 Å². The fourth-order valence-electron chi connectivity index (χ4n) is 1.78. The van der Waals surface area contributed by atoms with Crippen LogP contribution in [0, 0.1) is 0 Å². The topological polar surface area (TPSA) is 58.2 Å². The van der Waals surface area contributed by atoms with Gasteiger partial charge in [0.1, 0.15) is 4.90 Å². The second-order valence-electron chi connectivity index (χ2n) is 4.10. The highest BCUT2D eigenvalue weighted by atomic mass is 79.9. The van der Waals surface area contributed by atoms with E-state index in [1.807, 2.05) is 12.1 Å². The van der Waals surface area contributed by atoms with Crippen molar-refractivity contribution in [2.75, 3.05) is 18.9 Å². The smallest absolute Gasteiger partial charge is 0.242 e. The summed E-state index contributed by atoms with van der Waals surface area (Å²) in [6, 6.07) is 10.8. The quantitative estimate of drug-likeness (QED) is 0.816. The molecule has 2 aromatic rings. The van der Waals surface area contributed by atoms with E-state index in [4.69, 9.17) is 0 Å². The van der Waals surface area contributed by atoms with Crippen molar-refractivity contribution in [2.24, 2.45) is 0 Å². The zero-order valence-corrected chi connectivity index (χ0v) is 14.1. The Kier molecular flexibility index (Phi) is 5.20. The van der Waals surface area contributed by atoms with Crippen LogP contribution >= 0.6 is 27.3 Å². The van der Waals surface area contributed by atoms with Gasteiger partial charge in [-0.2, -0.15) is 0 Å². The third-order valence-corrected chi connectivity index (χ3v) is 5.94. The van der Waals surface area contributed by atoms with Crippen molar-refractivity contribution in [3.63, 3.8) is 0 Å². The maximum Gasteiger partial charge on any atom is 0.242 e. The standard InChI is InChI=1S/C13H15BrN2O2S2/c1-15-11-4-2-3-5-12(11)20(17,18)16-9-8-10-6-7-13(14)19-10/h2-7,15-16H,8-9H2,1H3. The highest BCUT2D eigenvalue weighted by Crippen LogP contribution is 2.23. The summed E-state index contributed by atoms with van der Waals surface area (Å²) in [5.74, 6) is 0. The maximum atomic E-state index is 12.3. The zero-order valence-electron chi connectivity index (χ0n) is 10.9. The molecule has 0 unspecified atom stereocenters. The van der Waals surface area contributed by atoms with Crippen LogP contribution in [0.4, 0.5) is 5.69 Å². The number of hydrogen-bond donors (Lipinski definition) is 2. The number of thiophene rings is 1. The summed E-state index contributed by atoms with van der Waals surface area (Å²) < 4.78 is 28.2. The third kappa shape index (κ3) is 3.82. The Morgan fingerprint density at radius 3 is 2.60 bits per heavy atom. The molecule has 1 aromatic heterocycles. The van der Waals surface area contributed by atoms with E-state index >= 15 is 0 Å². The van der Waals surface area contributed by atoms with Crippen LogP contribution in [0.1, 0.15) is 4.88 Å². The molecule has 7 heteroatoms. The highest BCUT2D eigenvalue weighted by molar-refractivity contribution is 9.11. The molecule has 20 heavy (non-hydrogen) atoms. The minimum Gasteiger partial charge on any atom is -0.387 e. The lowest BCUT2D eigenvalue weighted by Crippen LogP contribution is -2.26. The number of para-hydroxylation sites is 1. The van der Waals surface area contributed by atoms with Crippen LogP contribution < -0.4 is 10.0 Å². The minimum absolute atomic E-state index is 0.273. The normalized spacial score (nSPS) is 11.5. The van der Waals surface area contributed by atoms with Crippen LogP contribution in [0.15, 0.2) is 45.1 Å². The predicted molar refractivity (Wildman–Crippen MR) is 86.9 cm³/mol. The second kappa shape index (κ2) is 6.71. The van der Waals surface area contributed by atoms with E-state index < -0.39 is 10.0 Å². The molecular formula is C13H15BrN2O2S2. The van der Waals surface area contributed by atoms with Crippen LogP contribution in [0.2, 0.25) is 0 Å². The second-order valence-corrected chi connectivity index (χ2v) is 8.38. The highest BCUT2D eigenvalue weighted by Gasteiger charge is 2.16. The van der Waals surface area contributed by atoms with E-state index in [1.165, 1.54) is 0 Å². The average Bonchev–Trinajstić information content (AvgIpc) is 2.84. The first-order valence-electron chi connectivity index (χ1n) is 6.03. The molecule has 108 valence electrons. The molecule has 0 saturated heterocycles. The summed E-state index contributed by atoms with van der Waals surface area (Å²) in [6.45, 7) is 0.382. The number of sulfonamides is 1. The lowest BCUT2D eigenvalue weighted by Gasteiger charge is -2.10. The number of nitrogens with one attached hydrogen (secondary N) is 2. The summed E-state index contributed by atoms with van der Waals surface area (Å²) in [5, 5.41) is 2.89. The predicted octanol–water partition coefficient (Wildman–Crippen LogP) is 3.07. The Morgan fingerprint density at radius 2 is 1.95 bits per heavy atom. The van der Waals surface area contributed by atoms with E-state index in [1.54, 1.807) is 42.6 Å². The number of anilines is 1. The molecule has 0 radical (unpaired) electrons. The lowest BCUT2D eigenvalue weighted by atomic mass is 10.3. The van der Waals surface area contributed by atoms with E-state index in [0.29, 0.717) is 18.7 Å². The molecule has 0 aliphatic carbocycles. The van der Waals surface area contributed by atoms with Gasteiger partial charge < -0.3 is 5.32 Å². The molecule has 1 heterocycles. The molecule has 0 amide bonds. The van der Waals surface area contributed by atoms with E-state index in [0.717, 1.165) is 8.66 Å². The van der Waals surface area contributed by atoms with Crippen LogP contribution in [0.5, 0.6) is 0 Å². The Morgan fingerprint density at radius 1 is 1.20 bits per heavy atom. The van der Waals surface area contributed by atoms with Crippen molar-refractivity contribution in [2.45, 2.75) is 11.3 Å². The summed E-state index contributed by atoms with van der Waals surface area (Å²) >= 11 is 5.00. The Labute approximate surface area is 131 Å². The molecule has 0 spiro atoms. The van der Waals surface area contributed by atoms with Crippen molar-refractivity contribution in [1.29, 1.82) is 0 Å². The molecule has 0 fully saturated rings. The molecule has 0 saturated carbocycles. The van der Waals surface area contributed by atoms with Crippen LogP contribution in [0.3, 0.4) is 0 Å². The molecule has 2 rings (SSSR count). The zero-order chi connectivity index (χ0) is 14.6. The molecule has 0 aliphatic heterocycles. The van der Waals surface area contributed by atoms with Crippen LogP contribution in [-0.4, -0.2) is 22.0 Å². The molecule has 2 N–H and O–H groups in total. The Bertz CT molecular complexity index is 683. The van der Waals surface area contributed by atoms with Gasteiger partial charge in [-0.25, -0.2) is 13.1 Å². The first kappa shape index (κ1) is 15.5. The van der Waals surface area contributed by atoms with Gasteiger partial charge in [-0.3, -0.25) is 0 Å². The number of hydrogen-bond acceptors (Lipinski definition) is 4. The minimum atomic E-state index is -3.49. The first-order chi connectivity index (χ1) is 9.53. The summed E-state index contributed by atoms with van der Waals surface area (Å²) in [5.41, 5.74) is 0.596. The fourth-order valence-corrected chi connectivity index (χ4v) is 4.51. The Hall–Kier alpha value is -0.890. The third-order valence-electron chi connectivity index (χ3n) is 2.74. The summed E-state index contributed by atoms with van der Waals surface area (Å²) in [4.78, 5) is 1.41. The van der Waals surface area contributed by atoms with Gasteiger partial charge in [-0.05, 0) is 46.6 Å². The van der Waals surface area contributed by atoms with Gasteiger partial charge >= 0.3 is 0 Å². The summed E-state index contributed by atoms with van der Waals surface area (Å²) in [6.07, 6.45) is 0.678. The number of rotatable bonds is 6. The molecule has 4 nitrogen and oxygen atoms in total. The molecule has 0 aliphatic rings. The van der Waals surface area contributed by atoms with Gasteiger partial charge in [-0.15, -0.1) is 11.3 Å². The number of benzene rings is 1. The van der Waals surface area contributed by atoms with Crippen molar-refractivity contribution < 1.29 is 8.42 Å². The van der Waals surface area contributed by atoms with Gasteiger partial charge in [-0.1, -0.05) is 12.1 Å². The van der Waals surface area contributed by atoms with Gasteiger partial charge in [0.15, 0.2) is 0 Å². The van der Waals surface area contributed by atoms with Gasteiger partial charge in [0, 0.05) is 18.5 Å². The fraction of sp³-hybridized carbons (Fsp3) is 0.231. The van der Waals surface area contributed by atoms with E-state index in [9.17, 15) is 8.42 Å². The van der Waals surface area contributed by atoms with E-state index in [-0.39, 0.29) is 4.90 Å². The molecule has 0 bridgehead atoms. The van der Waals surface area contributed by atoms with Crippen molar-refractivity contribution in [3.05, 3.63) is 45.1 Å². The SMILES string of the molecule is CNc1ccccc1S(=O)(=O)NCCc1ccc(Br)s1. The summed E-state index contributed by atoms with van der Waals surface area (Å²) in [7, 11) is -1.78. The maximum absolute atomic E-state index is 12.3. The van der Waals surface area contributed by atoms with E-state index in [2.05, 4.69) is 26.0 Å². The number of halogens is 1.